The first-order chi connectivity index (χ1) is 15.4. The van der Waals surface area contributed by atoms with Crippen LogP contribution in [0.2, 0.25) is 0 Å². The lowest BCUT2D eigenvalue weighted by Gasteiger charge is -2.36. The lowest BCUT2D eigenvalue weighted by Crippen LogP contribution is -2.47. The fourth-order valence-corrected chi connectivity index (χ4v) is 4.36. The van der Waals surface area contributed by atoms with Crippen LogP contribution in [0.3, 0.4) is 0 Å². The number of carbonyl (C=O) groups excluding carboxylic acids is 2. The number of amides is 2. The van der Waals surface area contributed by atoms with Crippen molar-refractivity contribution < 1.29 is 14.3 Å². The number of carbonyl (C=O) groups is 2. The molecule has 0 N–H and O–H groups in total. The number of aryl methyl sites for hydroxylation is 2. The van der Waals surface area contributed by atoms with Crippen LogP contribution in [-0.2, 0) is 16.1 Å². The predicted octanol–water partition coefficient (Wildman–Crippen LogP) is 3.23. The van der Waals surface area contributed by atoms with Crippen LogP contribution < -0.4 is 4.74 Å². The van der Waals surface area contributed by atoms with Crippen LogP contribution in [0.1, 0.15) is 29.2 Å². The standard InChI is InChI=1S/C26H31N3O3/c1-5-27-12-14-28(15-13-27)24-23(21-9-6-18(2)19(3)16-21)25(30)29(26(24)31)17-20-7-10-22(32-4)11-8-20/h6-11,16H,5,12-15,17H2,1-4H3. The van der Waals surface area contributed by atoms with E-state index >= 15 is 0 Å². The first-order valence-electron chi connectivity index (χ1n) is 11.2. The van der Waals surface area contributed by atoms with Crippen molar-refractivity contribution in [3.63, 3.8) is 0 Å². The van der Waals surface area contributed by atoms with E-state index in [1.54, 1.807) is 7.11 Å². The van der Waals surface area contributed by atoms with Crippen LogP contribution in [0.5, 0.6) is 5.75 Å². The maximum absolute atomic E-state index is 13.6. The number of hydrogen-bond donors (Lipinski definition) is 0. The number of ether oxygens (including phenoxy) is 1. The molecule has 2 aromatic carbocycles. The summed E-state index contributed by atoms with van der Waals surface area (Å²) in [6.07, 6.45) is 0. The first kappa shape index (κ1) is 22.1. The summed E-state index contributed by atoms with van der Waals surface area (Å²) in [5.41, 5.74) is 5.05. The van der Waals surface area contributed by atoms with Gasteiger partial charge in [0.05, 0.1) is 19.2 Å². The Balaban J connectivity index is 1.69. The van der Waals surface area contributed by atoms with Gasteiger partial charge in [-0.1, -0.05) is 37.3 Å². The van der Waals surface area contributed by atoms with Gasteiger partial charge < -0.3 is 14.5 Å². The molecule has 168 valence electrons. The second-order valence-electron chi connectivity index (χ2n) is 8.49. The van der Waals surface area contributed by atoms with E-state index in [2.05, 4.69) is 23.6 Å². The highest BCUT2D eigenvalue weighted by molar-refractivity contribution is 6.35. The molecule has 2 aromatic rings. The molecular formula is C26H31N3O3. The van der Waals surface area contributed by atoms with Gasteiger partial charge in [0, 0.05) is 26.2 Å². The highest BCUT2D eigenvalue weighted by atomic mass is 16.5. The van der Waals surface area contributed by atoms with Crippen LogP contribution in [0, 0.1) is 13.8 Å². The summed E-state index contributed by atoms with van der Waals surface area (Å²) in [5, 5.41) is 0. The first-order valence-corrected chi connectivity index (χ1v) is 11.2. The molecular weight excluding hydrogens is 402 g/mol. The SMILES string of the molecule is CCN1CCN(C2=C(c3ccc(C)c(C)c3)C(=O)N(Cc3ccc(OC)cc3)C2=O)CC1. The van der Waals surface area contributed by atoms with Gasteiger partial charge in [0.2, 0.25) is 0 Å². The van der Waals surface area contributed by atoms with E-state index in [1.165, 1.54) is 10.5 Å². The van der Waals surface area contributed by atoms with Crippen molar-refractivity contribution >= 4 is 17.4 Å². The number of hydrogen-bond acceptors (Lipinski definition) is 5. The van der Waals surface area contributed by atoms with E-state index in [1.807, 2.05) is 49.4 Å². The third-order valence-corrected chi connectivity index (χ3v) is 6.57. The van der Waals surface area contributed by atoms with Gasteiger partial charge in [-0.25, -0.2) is 0 Å². The molecule has 0 spiro atoms. The highest BCUT2D eigenvalue weighted by Gasteiger charge is 2.42. The molecule has 0 saturated carbocycles. The molecule has 6 nitrogen and oxygen atoms in total. The van der Waals surface area contributed by atoms with Gasteiger partial charge in [-0.15, -0.1) is 0 Å². The largest absolute Gasteiger partial charge is 0.497 e. The number of piperazine rings is 1. The second kappa shape index (κ2) is 9.17. The maximum atomic E-state index is 13.6. The molecule has 2 aliphatic heterocycles. The van der Waals surface area contributed by atoms with Crippen LogP contribution in [0.15, 0.2) is 48.2 Å². The molecule has 2 aliphatic rings. The topological polar surface area (TPSA) is 53.1 Å². The van der Waals surface area contributed by atoms with Crippen molar-refractivity contribution in [3.05, 3.63) is 70.4 Å². The van der Waals surface area contributed by atoms with Crippen molar-refractivity contribution in [3.8, 4) is 5.75 Å². The zero-order chi connectivity index (χ0) is 22.8. The van der Waals surface area contributed by atoms with Crippen molar-refractivity contribution in [1.82, 2.24) is 14.7 Å². The Kier molecular flexibility index (Phi) is 6.33. The molecule has 2 heterocycles. The average molecular weight is 434 g/mol. The summed E-state index contributed by atoms with van der Waals surface area (Å²) in [4.78, 5) is 33.0. The van der Waals surface area contributed by atoms with Crippen molar-refractivity contribution in [2.75, 3.05) is 39.8 Å². The van der Waals surface area contributed by atoms with Crippen LogP contribution >= 0.6 is 0 Å². The summed E-state index contributed by atoms with van der Waals surface area (Å²) in [5.74, 6) is 0.322. The monoisotopic (exact) mass is 433 g/mol. The smallest absolute Gasteiger partial charge is 0.278 e. The Hall–Kier alpha value is -3.12. The third kappa shape index (κ3) is 4.15. The van der Waals surface area contributed by atoms with Crippen LogP contribution in [-0.4, -0.2) is 66.3 Å². The van der Waals surface area contributed by atoms with E-state index in [4.69, 9.17) is 4.74 Å². The molecule has 4 rings (SSSR count). The fraction of sp³-hybridized carbons (Fsp3) is 0.385. The molecule has 32 heavy (non-hydrogen) atoms. The summed E-state index contributed by atoms with van der Waals surface area (Å²) in [6, 6.07) is 13.5. The number of imide groups is 1. The number of rotatable bonds is 6. The van der Waals surface area contributed by atoms with E-state index in [9.17, 15) is 9.59 Å². The molecule has 1 saturated heterocycles. The average Bonchev–Trinajstić information content (AvgIpc) is 3.06. The summed E-state index contributed by atoms with van der Waals surface area (Å²) in [7, 11) is 1.62. The third-order valence-electron chi connectivity index (χ3n) is 6.57. The van der Waals surface area contributed by atoms with Crippen LogP contribution in [0.25, 0.3) is 5.57 Å². The fourth-order valence-electron chi connectivity index (χ4n) is 4.36. The van der Waals surface area contributed by atoms with Crippen molar-refractivity contribution in [2.45, 2.75) is 27.3 Å². The summed E-state index contributed by atoms with van der Waals surface area (Å²) in [6.45, 7) is 10.7. The maximum Gasteiger partial charge on any atom is 0.278 e. The van der Waals surface area contributed by atoms with Gasteiger partial charge in [0.25, 0.3) is 11.8 Å². The Morgan fingerprint density at radius 2 is 1.56 bits per heavy atom. The molecule has 0 atom stereocenters. The van der Waals surface area contributed by atoms with Crippen molar-refractivity contribution in [2.24, 2.45) is 0 Å². The molecule has 6 heteroatoms. The Morgan fingerprint density at radius 1 is 0.875 bits per heavy atom. The number of nitrogens with zero attached hydrogens (tertiary/aromatic N) is 3. The minimum Gasteiger partial charge on any atom is -0.497 e. The van der Waals surface area contributed by atoms with Crippen LogP contribution in [0.4, 0.5) is 0 Å². The van der Waals surface area contributed by atoms with E-state index in [-0.39, 0.29) is 18.4 Å². The van der Waals surface area contributed by atoms with Gasteiger partial charge in [-0.05, 0) is 54.8 Å². The van der Waals surface area contributed by atoms with E-state index < -0.39 is 0 Å². The molecule has 0 unspecified atom stereocenters. The molecule has 2 amide bonds. The second-order valence-corrected chi connectivity index (χ2v) is 8.49. The summed E-state index contributed by atoms with van der Waals surface area (Å²) >= 11 is 0. The molecule has 1 fully saturated rings. The Labute approximate surface area is 190 Å². The minimum absolute atomic E-state index is 0.205. The Morgan fingerprint density at radius 3 is 2.16 bits per heavy atom. The number of likely N-dealkylation sites (N-methyl/N-ethyl adjacent to an activating group) is 1. The molecule has 0 radical (unpaired) electrons. The lowest BCUT2D eigenvalue weighted by atomic mass is 9.99. The van der Waals surface area contributed by atoms with E-state index in [0.717, 1.165) is 55.2 Å². The zero-order valence-corrected chi connectivity index (χ0v) is 19.4. The lowest BCUT2D eigenvalue weighted by molar-refractivity contribution is -0.138. The summed E-state index contributed by atoms with van der Waals surface area (Å²) < 4.78 is 5.23. The quantitative estimate of drug-likeness (QED) is 0.655. The minimum atomic E-state index is -0.220. The predicted molar refractivity (Wildman–Crippen MR) is 125 cm³/mol. The normalized spacial score (nSPS) is 17.5. The van der Waals surface area contributed by atoms with E-state index in [0.29, 0.717) is 11.3 Å². The van der Waals surface area contributed by atoms with Gasteiger partial charge in [0.1, 0.15) is 11.4 Å². The van der Waals surface area contributed by atoms with Gasteiger partial charge in [-0.2, -0.15) is 0 Å². The van der Waals surface area contributed by atoms with Crippen molar-refractivity contribution in [1.29, 1.82) is 0 Å². The Bertz CT molecular complexity index is 1050. The highest BCUT2D eigenvalue weighted by Crippen LogP contribution is 2.34. The van der Waals surface area contributed by atoms with Gasteiger partial charge >= 0.3 is 0 Å². The van der Waals surface area contributed by atoms with Gasteiger partial charge in [-0.3, -0.25) is 14.5 Å². The molecule has 0 bridgehead atoms. The van der Waals surface area contributed by atoms with Gasteiger partial charge in [0.15, 0.2) is 0 Å². The zero-order valence-electron chi connectivity index (χ0n) is 19.4. The number of methoxy groups -OCH3 is 1. The molecule has 0 aliphatic carbocycles. The number of benzene rings is 2. The molecule has 0 aromatic heterocycles.